The Morgan fingerprint density at radius 2 is 1.27 bits per heavy atom. The fraction of sp³-hybridized carbons (Fsp3) is 0.333. The van der Waals surface area contributed by atoms with E-state index < -0.39 is 46.8 Å². The first kappa shape index (κ1) is 19.3. The van der Waals surface area contributed by atoms with E-state index in [2.05, 4.69) is 13.8 Å². The maximum absolute atomic E-state index is 10.9. The van der Waals surface area contributed by atoms with Gasteiger partial charge in [-0.15, -0.1) is 0 Å². The van der Waals surface area contributed by atoms with Crippen LogP contribution in [0, 0.1) is 30.3 Å². The lowest BCUT2D eigenvalue weighted by molar-refractivity contribution is -0.407. The maximum Gasteiger partial charge on any atom is 0.308 e. The van der Waals surface area contributed by atoms with E-state index in [0.717, 1.165) is 0 Å². The van der Waals surface area contributed by atoms with Gasteiger partial charge in [0.15, 0.2) is 0 Å². The second-order valence-corrected chi connectivity index (χ2v) is 5.13. The minimum absolute atomic E-state index is 0.204. The van der Waals surface area contributed by atoms with Gasteiger partial charge < -0.3 is 0 Å². The van der Waals surface area contributed by atoms with Crippen LogP contribution >= 0.6 is 0 Å². The van der Waals surface area contributed by atoms with E-state index in [1.54, 1.807) is 0 Å². The minimum Gasteiger partial charge on any atom is -0.281 e. The fourth-order valence-corrected chi connectivity index (χ4v) is 2.02. The molecule has 1 N–H and O–H groups in total. The molecule has 22 heavy (non-hydrogen) atoms. The molecule has 122 valence electrons. The largest absolute Gasteiger partial charge is 0.308 e. The highest BCUT2D eigenvalue weighted by atomic mass is 32.2. The molecule has 13 heteroatoms. The number of hydrogen-bond acceptors (Lipinski definition) is 8. The van der Waals surface area contributed by atoms with Crippen LogP contribution in [-0.4, -0.2) is 27.7 Å². The molecule has 0 unspecified atom stereocenters. The Hall–Kier alpha value is -2.67. The molecule has 12 nitrogen and oxygen atoms in total. The minimum atomic E-state index is -5.30. The Morgan fingerprint density at radius 1 is 0.955 bits per heavy atom. The van der Waals surface area contributed by atoms with Crippen molar-refractivity contribution in [3.63, 3.8) is 0 Å². The Labute approximate surface area is 123 Å². The highest BCUT2D eigenvalue weighted by Crippen LogP contribution is 2.36. The molecule has 1 aromatic carbocycles. The van der Waals surface area contributed by atoms with Gasteiger partial charge in [-0.05, 0) is 0 Å². The van der Waals surface area contributed by atoms with E-state index in [9.17, 15) is 38.8 Å². The molecule has 0 aliphatic carbocycles. The highest BCUT2D eigenvalue weighted by molar-refractivity contribution is 7.86. The first-order chi connectivity index (χ1) is 9.97. The SMILES string of the molecule is CCC.O=[N+]([O-])c1cc([N+](=O)[O-])c(S(=O)(=O)O)c([N+](=O)[O-])c1. The average molecular weight is 337 g/mol. The van der Waals surface area contributed by atoms with Gasteiger partial charge in [-0.1, -0.05) is 20.3 Å². The molecule has 1 rings (SSSR count). The molecule has 0 aromatic heterocycles. The molecule has 0 radical (unpaired) electrons. The molecule has 0 atom stereocenters. The van der Waals surface area contributed by atoms with Gasteiger partial charge in [0, 0.05) is 0 Å². The third-order valence-corrected chi connectivity index (χ3v) is 2.83. The van der Waals surface area contributed by atoms with Gasteiger partial charge in [-0.25, -0.2) is 0 Å². The Kier molecular flexibility index (Phi) is 6.48. The second-order valence-electron chi connectivity index (χ2n) is 3.77. The van der Waals surface area contributed by atoms with Crippen LogP contribution in [0.3, 0.4) is 0 Å². The number of nitro benzene ring substituents is 3. The highest BCUT2D eigenvalue weighted by Gasteiger charge is 2.37. The lowest BCUT2D eigenvalue weighted by Gasteiger charge is -2.01. The van der Waals surface area contributed by atoms with Gasteiger partial charge >= 0.3 is 21.5 Å². The number of nitrogens with zero attached hydrogens (tertiary/aromatic N) is 3. The van der Waals surface area contributed by atoms with Crippen LogP contribution in [0.2, 0.25) is 0 Å². The Morgan fingerprint density at radius 3 is 1.45 bits per heavy atom. The van der Waals surface area contributed by atoms with Crippen molar-refractivity contribution in [1.82, 2.24) is 0 Å². The van der Waals surface area contributed by atoms with Gasteiger partial charge in [-0.3, -0.25) is 34.9 Å². The van der Waals surface area contributed by atoms with Crippen molar-refractivity contribution in [1.29, 1.82) is 0 Å². The summed E-state index contributed by atoms with van der Waals surface area (Å²) < 4.78 is 30.7. The van der Waals surface area contributed by atoms with Crippen molar-refractivity contribution < 1.29 is 27.7 Å². The molecule has 0 fully saturated rings. The standard InChI is InChI=1S/C6H3N3O9S.C3H8/c10-7(11)3-1-4(8(12)13)6(19(16,17)18)5(2-3)9(14)15;1-3-2/h1-2H,(H,16,17,18);3H2,1-2H3. The van der Waals surface area contributed by atoms with E-state index in [4.69, 9.17) is 4.55 Å². The van der Waals surface area contributed by atoms with Crippen molar-refractivity contribution in [2.75, 3.05) is 0 Å². The molecule has 0 saturated heterocycles. The van der Waals surface area contributed by atoms with Crippen LogP contribution in [-0.2, 0) is 10.1 Å². The molecular formula is C9H11N3O9S. The number of non-ortho nitro benzene ring substituents is 1. The van der Waals surface area contributed by atoms with E-state index in [0.29, 0.717) is 0 Å². The van der Waals surface area contributed by atoms with E-state index >= 15 is 0 Å². The first-order valence-corrected chi connectivity index (χ1v) is 7.00. The van der Waals surface area contributed by atoms with Crippen LogP contribution in [0.25, 0.3) is 0 Å². The summed E-state index contributed by atoms with van der Waals surface area (Å²) in [6, 6.07) is 0.409. The first-order valence-electron chi connectivity index (χ1n) is 5.56. The van der Waals surface area contributed by atoms with Gasteiger partial charge in [0.1, 0.15) is 0 Å². The van der Waals surface area contributed by atoms with Crippen molar-refractivity contribution in [2.45, 2.75) is 25.2 Å². The molecule has 0 aliphatic rings. The average Bonchev–Trinajstić information content (AvgIpc) is 2.36. The fourth-order valence-electron chi connectivity index (χ4n) is 1.23. The zero-order chi connectivity index (χ0) is 17.7. The van der Waals surface area contributed by atoms with E-state index in [1.807, 2.05) is 0 Å². The van der Waals surface area contributed by atoms with Crippen molar-refractivity contribution in [3.8, 4) is 0 Å². The number of benzene rings is 1. The predicted molar refractivity (Wildman–Crippen MR) is 72.2 cm³/mol. The molecule has 0 bridgehead atoms. The summed E-state index contributed by atoms with van der Waals surface area (Å²) in [5, 5.41) is 31.7. The van der Waals surface area contributed by atoms with Gasteiger partial charge in [0.25, 0.3) is 5.69 Å². The van der Waals surface area contributed by atoms with E-state index in [1.165, 1.54) is 6.42 Å². The lowest BCUT2D eigenvalue weighted by atomic mass is 10.2. The lowest BCUT2D eigenvalue weighted by Crippen LogP contribution is -2.08. The van der Waals surface area contributed by atoms with Crippen LogP contribution in [0.15, 0.2) is 17.0 Å². The molecule has 0 saturated carbocycles. The van der Waals surface area contributed by atoms with Crippen molar-refractivity contribution in [3.05, 3.63) is 42.5 Å². The summed E-state index contributed by atoms with van der Waals surface area (Å²) in [6.07, 6.45) is 1.25. The van der Waals surface area contributed by atoms with Crippen LogP contribution < -0.4 is 0 Å². The predicted octanol–water partition coefficient (Wildman–Crippen LogP) is 2.07. The zero-order valence-electron chi connectivity index (χ0n) is 11.3. The normalized spacial score (nSPS) is 10.3. The molecule has 0 aliphatic heterocycles. The Bertz CT molecular complexity index is 678. The summed E-state index contributed by atoms with van der Waals surface area (Å²) in [7, 11) is -5.30. The molecular weight excluding hydrogens is 326 g/mol. The van der Waals surface area contributed by atoms with Gasteiger partial charge in [0.2, 0.25) is 4.90 Å². The number of nitro groups is 3. The summed E-state index contributed by atoms with van der Waals surface area (Å²) in [5.41, 5.74) is -3.96. The maximum atomic E-state index is 10.9. The second kappa shape index (κ2) is 7.37. The molecule has 0 spiro atoms. The molecule has 0 amide bonds. The topological polar surface area (TPSA) is 184 Å². The number of rotatable bonds is 4. The third kappa shape index (κ3) is 4.71. The molecule has 0 heterocycles. The summed E-state index contributed by atoms with van der Waals surface area (Å²) in [4.78, 5) is 26.1. The van der Waals surface area contributed by atoms with Crippen LogP contribution in [0.1, 0.15) is 20.3 Å². The Balaban J connectivity index is 0.00000135. The third-order valence-electron chi connectivity index (χ3n) is 1.90. The van der Waals surface area contributed by atoms with Crippen LogP contribution in [0.5, 0.6) is 0 Å². The summed E-state index contributed by atoms with van der Waals surface area (Å²) >= 11 is 0. The number of hydrogen-bond donors (Lipinski definition) is 1. The summed E-state index contributed by atoms with van der Waals surface area (Å²) in [5.74, 6) is 0. The van der Waals surface area contributed by atoms with Crippen molar-refractivity contribution in [2.24, 2.45) is 0 Å². The van der Waals surface area contributed by atoms with Crippen LogP contribution in [0.4, 0.5) is 17.1 Å². The van der Waals surface area contributed by atoms with Crippen molar-refractivity contribution >= 4 is 27.2 Å². The van der Waals surface area contributed by atoms with Gasteiger partial charge in [-0.2, -0.15) is 8.42 Å². The zero-order valence-corrected chi connectivity index (χ0v) is 12.1. The molecule has 1 aromatic rings. The van der Waals surface area contributed by atoms with Gasteiger partial charge in [0.05, 0.1) is 26.9 Å². The smallest absolute Gasteiger partial charge is 0.281 e. The van der Waals surface area contributed by atoms with E-state index in [-0.39, 0.29) is 12.1 Å². The monoisotopic (exact) mass is 337 g/mol. The summed E-state index contributed by atoms with van der Waals surface area (Å²) in [6.45, 7) is 4.25. The quantitative estimate of drug-likeness (QED) is 0.487.